The second kappa shape index (κ2) is 9.44. The van der Waals surface area contributed by atoms with Gasteiger partial charge < -0.3 is 10.1 Å². The van der Waals surface area contributed by atoms with Crippen LogP contribution in [0.3, 0.4) is 0 Å². The molecule has 0 aliphatic carbocycles. The normalized spacial score (nSPS) is 10.9. The van der Waals surface area contributed by atoms with Gasteiger partial charge >= 0.3 is 0 Å². The lowest BCUT2D eigenvalue weighted by atomic mass is 10.4. The van der Waals surface area contributed by atoms with Crippen molar-refractivity contribution in [2.75, 3.05) is 32.1 Å². The standard InChI is InChI=1S/C11H22N4OS/c1-3-4-7-16-8-5-12-6-9-17-11-13-10-14-15(11)2/h10,12H,3-9H2,1-2H3. The molecule has 0 radical (unpaired) electrons. The molecule has 0 aliphatic heterocycles. The van der Waals surface area contributed by atoms with Gasteiger partial charge in [-0.1, -0.05) is 25.1 Å². The van der Waals surface area contributed by atoms with E-state index in [1.807, 2.05) is 7.05 Å². The average Bonchev–Trinajstić information content (AvgIpc) is 2.73. The Hall–Kier alpha value is -0.590. The monoisotopic (exact) mass is 258 g/mol. The Morgan fingerprint density at radius 3 is 3.00 bits per heavy atom. The molecular formula is C11H22N4OS. The van der Waals surface area contributed by atoms with E-state index in [1.54, 1.807) is 22.8 Å². The van der Waals surface area contributed by atoms with Crippen molar-refractivity contribution in [2.24, 2.45) is 7.05 Å². The van der Waals surface area contributed by atoms with E-state index < -0.39 is 0 Å². The first-order chi connectivity index (χ1) is 8.34. The molecule has 1 aromatic rings. The first-order valence-electron chi connectivity index (χ1n) is 6.10. The maximum absolute atomic E-state index is 5.45. The van der Waals surface area contributed by atoms with Gasteiger partial charge in [0.25, 0.3) is 0 Å². The van der Waals surface area contributed by atoms with E-state index in [0.717, 1.165) is 43.6 Å². The summed E-state index contributed by atoms with van der Waals surface area (Å²) in [5.74, 6) is 1.00. The fraction of sp³-hybridized carbons (Fsp3) is 0.818. The third-order valence-electron chi connectivity index (χ3n) is 2.25. The quantitative estimate of drug-likeness (QED) is 0.506. The molecule has 0 fully saturated rings. The summed E-state index contributed by atoms with van der Waals surface area (Å²) in [6.45, 7) is 5.74. The predicted molar refractivity (Wildman–Crippen MR) is 70.3 cm³/mol. The highest BCUT2D eigenvalue weighted by molar-refractivity contribution is 7.99. The van der Waals surface area contributed by atoms with Crippen molar-refractivity contribution in [1.29, 1.82) is 0 Å². The Kier molecular flexibility index (Phi) is 8.04. The van der Waals surface area contributed by atoms with Crippen LogP contribution in [0.4, 0.5) is 0 Å². The summed E-state index contributed by atoms with van der Waals surface area (Å²) < 4.78 is 7.24. The van der Waals surface area contributed by atoms with E-state index in [2.05, 4.69) is 22.3 Å². The van der Waals surface area contributed by atoms with Crippen LogP contribution >= 0.6 is 11.8 Å². The summed E-state index contributed by atoms with van der Waals surface area (Å²) in [5.41, 5.74) is 0. The van der Waals surface area contributed by atoms with Gasteiger partial charge in [-0.3, -0.25) is 0 Å². The minimum Gasteiger partial charge on any atom is -0.380 e. The Balaban J connectivity index is 1.86. The number of aromatic nitrogens is 3. The SMILES string of the molecule is CCCCOCCNCCSc1ncnn1C. The molecule has 0 amide bonds. The minimum absolute atomic E-state index is 0.800. The number of nitrogens with zero attached hydrogens (tertiary/aromatic N) is 3. The van der Waals surface area contributed by atoms with Crippen LogP contribution in [0, 0.1) is 0 Å². The molecule has 5 nitrogen and oxygen atoms in total. The third kappa shape index (κ3) is 6.65. The van der Waals surface area contributed by atoms with Gasteiger partial charge in [0.05, 0.1) is 6.61 Å². The third-order valence-corrected chi connectivity index (χ3v) is 3.28. The van der Waals surface area contributed by atoms with Crippen LogP contribution in [0.2, 0.25) is 0 Å². The number of ether oxygens (including phenoxy) is 1. The Morgan fingerprint density at radius 2 is 2.29 bits per heavy atom. The summed E-state index contributed by atoms with van der Waals surface area (Å²) in [7, 11) is 1.91. The number of hydrogen-bond acceptors (Lipinski definition) is 5. The van der Waals surface area contributed by atoms with Crippen LogP contribution in [0.15, 0.2) is 11.5 Å². The van der Waals surface area contributed by atoms with E-state index in [-0.39, 0.29) is 0 Å². The highest BCUT2D eigenvalue weighted by Gasteiger charge is 1.99. The molecule has 0 saturated heterocycles. The van der Waals surface area contributed by atoms with Crippen molar-refractivity contribution in [2.45, 2.75) is 24.9 Å². The second-order valence-corrected chi connectivity index (χ2v) is 4.79. The molecule has 1 rings (SSSR count). The number of aryl methyl sites for hydroxylation is 1. The summed E-state index contributed by atoms with van der Waals surface area (Å²) >= 11 is 1.71. The van der Waals surface area contributed by atoms with Crippen LogP contribution in [0.1, 0.15) is 19.8 Å². The Labute approximate surface area is 107 Å². The zero-order chi connectivity index (χ0) is 12.3. The van der Waals surface area contributed by atoms with Gasteiger partial charge in [-0.2, -0.15) is 5.10 Å². The lowest BCUT2D eigenvalue weighted by molar-refractivity contribution is 0.133. The van der Waals surface area contributed by atoms with Gasteiger partial charge in [-0.05, 0) is 6.42 Å². The van der Waals surface area contributed by atoms with Crippen LogP contribution in [0.5, 0.6) is 0 Å². The number of thioether (sulfide) groups is 1. The lowest BCUT2D eigenvalue weighted by Crippen LogP contribution is -2.22. The predicted octanol–water partition coefficient (Wildman–Crippen LogP) is 1.31. The van der Waals surface area contributed by atoms with Crippen LogP contribution < -0.4 is 5.32 Å². The fourth-order valence-corrected chi connectivity index (χ4v) is 2.03. The molecular weight excluding hydrogens is 236 g/mol. The summed E-state index contributed by atoms with van der Waals surface area (Å²) in [6, 6.07) is 0. The number of rotatable bonds is 10. The minimum atomic E-state index is 0.800. The molecule has 98 valence electrons. The molecule has 0 unspecified atom stereocenters. The maximum atomic E-state index is 5.45. The zero-order valence-corrected chi connectivity index (χ0v) is 11.5. The van der Waals surface area contributed by atoms with Gasteiger partial charge in [0, 0.05) is 32.5 Å². The first kappa shape index (κ1) is 14.5. The van der Waals surface area contributed by atoms with Gasteiger partial charge in [0.1, 0.15) is 6.33 Å². The number of nitrogens with one attached hydrogen (secondary N) is 1. The molecule has 0 aromatic carbocycles. The van der Waals surface area contributed by atoms with E-state index >= 15 is 0 Å². The highest BCUT2D eigenvalue weighted by atomic mass is 32.2. The van der Waals surface area contributed by atoms with Crippen LogP contribution in [0.25, 0.3) is 0 Å². The molecule has 6 heteroatoms. The van der Waals surface area contributed by atoms with Crippen molar-refractivity contribution < 1.29 is 4.74 Å². The van der Waals surface area contributed by atoms with Crippen molar-refractivity contribution in [3.63, 3.8) is 0 Å². The van der Waals surface area contributed by atoms with Gasteiger partial charge in [-0.15, -0.1) is 0 Å². The van der Waals surface area contributed by atoms with Gasteiger partial charge in [0.15, 0.2) is 5.16 Å². The van der Waals surface area contributed by atoms with E-state index in [4.69, 9.17) is 4.74 Å². The zero-order valence-electron chi connectivity index (χ0n) is 10.7. The highest BCUT2D eigenvalue weighted by Crippen LogP contribution is 2.11. The van der Waals surface area contributed by atoms with E-state index in [0.29, 0.717) is 0 Å². The molecule has 0 bridgehead atoms. The summed E-state index contributed by atoms with van der Waals surface area (Å²) in [5, 5.41) is 8.32. The summed E-state index contributed by atoms with van der Waals surface area (Å²) in [4.78, 5) is 4.15. The number of hydrogen-bond donors (Lipinski definition) is 1. The van der Waals surface area contributed by atoms with E-state index in [9.17, 15) is 0 Å². The second-order valence-electron chi connectivity index (χ2n) is 3.73. The van der Waals surface area contributed by atoms with Gasteiger partial charge in [-0.25, -0.2) is 9.67 Å². The molecule has 0 aliphatic rings. The van der Waals surface area contributed by atoms with Crippen molar-refractivity contribution in [3.8, 4) is 0 Å². The van der Waals surface area contributed by atoms with Crippen molar-refractivity contribution in [3.05, 3.63) is 6.33 Å². The van der Waals surface area contributed by atoms with Crippen LogP contribution in [-0.2, 0) is 11.8 Å². The lowest BCUT2D eigenvalue weighted by Gasteiger charge is -2.05. The average molecular weight is 258 g/mol. The fourth-order valence-electron chi connectivity index (χ4n) is 1.25. The van der Waals surface area contributed by atoms with Crippen LogP contribution in [-0.4, -0.2) is 46.8 Å². The molecule has 1 N–H and O–H groups in total. The Morgan fingerprint density at radius 1 is 1.41 bits per heavy atom. The molecule has 1 heterocycles. The maximum Gasteiger partial charge on any atom is 0.185 e. The molecule has 0 atom stereocenters. The topological polar surface area (TPSA) is 52.0 Å². The number of unbranched alkanes of at least 4 members (excludes halogenated alkanes) is 1. The van der Waals surface area contributed by atoms with Gasteiger partial charge in [0.2, 0.25) is 0 Å². The first-order valence-corrected chi connectivity index (χ1v) is 7.08. The van der Waals surface area contributed by atoms with Crippen molar-refractivity contribution >= 4 is 11.8 Å². The van der Waals surface area contributed by atoms with Crippen molar-refractivity contribution in [1.82, 2.24) is 20.1 Å². The largest absolute Gasteiger partial charge is 0.380 e. The van der Waals surface area contributed by atoms with E-state index in [1.165, 1.54) is 6.42 Å². The molecule has 1 aromatic heterocycles. The molecule has 17 heavy (non-hydrogen) atoms. The summed E-state index contributed by atoms with van der Waals surface area (Å²) in [6.07, 6.45) is 3.93. The Bertz CT molecular complexity index is 293. The molecule has 0 saturated carbocycles. The smallest absolute Gasteiger partial charge is 0.185 e. The molecule has 0 spiro atoms.